The first-order chi connectivity index (χ1) is 16.0. The van der Waals surface area contributed by atoms with E-state index in [4.69, 9.17) is 32.1 Å². The van der Waals surface area contributed by atoms with Gasteiger partial charge in [0.05, 0.1) is 17.6 Å². The van der Waals surface area contributed by atoms with Crippen molar-refractivity contribution in [1.82, 2.24) is 5.01 Å². The van der Waals surface area contributed by atoms with Gasteiger partial charge in [0.1, 0.15) is 0 Å². The normalized spacial score (nSPS) is 16.5. The number of nitrogens with one attached hydrogen (secondary N) is 1. The quantitative estimate of drug-likeness (QED) is 0.433. The fourth-order valence-electron chi connectivity index (χ4n) is 3.48. The van der Waals surface area contributed by atoms with Gasteiger partial charge in [-0.3, -0.25) is 10.3 Å². The summed E-state index contributed by atoms with van der Waals surface area (Å²) in [6.07, 6.45) is 1.66. The lowest BCUT2D eigenvalue weighted by atomic mass is 10.2. The number of thiocarbonyl (C=S) groups is 1. The first-order valence-electron chi connectivity index (χ1n) is 10.4. The van der Waals surface area contributed by atoms with Crippen LogP contribution in [-0.2, 0) is 0 Å². The van der Waals surface area contributed by atoms with E-state index < -0.39 is 0 Å². The zero-order valence-corrected chi connectivity index (χ0v) is 19.0. The van der Waals surface area contributed by atoms with Gasteiger partial charge >= 0.3 is 0 Å². The second kappa shape index (κ2) is 8.48. The molecule has 1 N–H and O–H groups in total. The summed E-state index contributed by atoms with van der Waals surface area (Å²) in [6, 6.07) is 21.2. The Bertz CT molecular complexity index is 1300. The van der Waals surface area contributed by atoms with Crippen molar-refractivity contribution in [1.29, 1.82) is 5.41 Å². The van der Waals surface area contributed by atoms with Gasteiger partial charge in [0.2, 0.25) is 12.8 Å². The van der Waals surface area contributed by atoms with Gasteiger partial charge in [-0.25, -0.2) is 4.99 Å². The Hall–Kier alpha value is -4.04. The summed E-state index contributed by atoms with van der Waals surface area (Å²) in [4.78, 5) is 6.81. The Morgan fingerprint density at radius 2 is 1.58 bits per heavy atom. The molecule has 7 nitrogen and oxygen atoms in total. The molecule has 0 saturated carbocycles. The maximum Gasteiger partial charge on any atom is 0.231 e. The highest BCUT2D eigenvalue weighted by atomic mass is 32.1. The van der Waals surface area contributed by atoms with Crippen molar-refractivity contribution in [2.75, 3.05) is 11.7 Å². The lowest BCUT2D eigenvalue weighted by Crippen LogP contribution is -2.31. The lowest BCUT2D eigenvalue weighted by molar-refractivity contribution is 0.174. The number of aryl methyl sites for hydroxylation is 2. The van der Waals surface area contributed by atoms with Crippen LogP contribution in [0.4, 0.5) is 11.4 Å². The minimum absolute atomic E-state index is 0.103. The highest BCUT2D eigenvalue weighted by Crippen LogP contribution is 2.32. The summed E-state index contributed by atoms with van der Waals surface area (Å²) in [7, 11) is 0. The average Bonchev–Trinajstić information content (AvgIpc) is 3.37. The van der Waals surface area contributed by atoms with Crippen LogP contribution in [-0.4, -0.2) is 34.8 Å². The van der Waals surface area contributed by atoms with Crippen molar-refractivity contribution in [3.63, 3.8) is 0 Å². The second-order valence-corrected chi connectivity index (χ2v) is 8.13. The Kier molecular flexibility index (Phi) is 5.35. The van der Waals surface area contributed by atoms with Crippen molar-refractivity contribution in [3.8, 4) is 11.5 Å². The molecular weight excluding hydrogens is 434 g/mol. The van der Waals surface area contributed by atoms with Gasteiger partial charge in [-0.15, -0.1) is 0 Å². The van der Waals surface area contributed by atoms with Crippen LogP contribution in [0.5, 0.6) is 11.5 Å². The molecular formula is C25H21N5O2S. The van der Waals surface area contributed by atoms with Crippen LogP contribution < -0.4 is 14.4 Å². The van der Waals surface area contributed by atoms with Crippen LogP contribution in [0.25, 0.3) is 0 Å². The molecule has 0 aromatic heterocycles. The summed E-state index contributed by atoms with van der Waals surface area (Å²) in [5, 5.41) is 14.8. The zero-order chi connectivity index (χ0) is 22.9. The van der Waals surface area contributed by atoms with E-state index in [0.29, 0.717) is 22.3 Å². The van der Waals surface area contributed by atoms with Gasteiger partial charge in [-0.05, 0) is 61.9 Å². The Labute approximate surface area is 197 Å². The predicted octanol–water partition coefficient (Wildman–Crippen LogP) is 5.18. The van der Waals surface area contributed by atoms with E-state index in [-0.39, 0.29) is 12.8 Å². The van der Waals surface area contributed by atoms with Crippen LogP contribution in [0.2, 0.25) is 0 Å². The molecule has 0 unspecified atom stereocenters. The van der Waals surface area contributed by atoms with E-state index in [9.17, 15) is 0 Å². The monoisotopic (exact) mass is 455 g/mol. The SMILES string of the molecule is Cc1ccc(N=C2C(=S)N(c3ccc(C)cc3)C(=N)N2/N=C/c2ccc3c(c2)OCO3)cc1. The zero-order valence-electron chi connectivity index (χ0n) is 18.1. The molecule has 3 aromatic rings. The Balaban J connectivity index is 1.53. The number of benzene rings is 3. The number of nitrogens with zero attached hydrogens (tertiary/aromatic N) is 4. The number of fused-ring (bicyclic) bond motifs is 1. The van der Waals surface area contributed by atoms with E-state index in [1.54, 1.807) is 11.1 Å². The van der Waals surface area contributed by atoms with Crippen LogP contribution in [0.3, 0.4) is 0 Å². The average molecular weight is 456 g/mol. The van der Waals surface area contributed by atoms with Gasteiger partial charge in [0.15, 0.2) is 22.3 Å². The number of amidine groups is 1. The van der Waals surface area contributed by atoms with Crippen molar-refractivity contribution >= 4 is 46.6 Å². The Morgan fingerprint density at radius 3 is 2.30 bits per heavy atom. The fourth-order valence-corrected chi connectivity index (χ4v) is 3.80. The first-order valence-corrected chi connectivity index (χ1v) is 10.8. The van der Waals surface area contributed by atoms with Gasteiger partial charge in [0, 0.05) is 0 Å². The third-order valence-corrected chi connectivity index (χ3v) is 5.65. The number of anilines is 1. The molecule has 0 bridgehead atoms. The number of hydrazone groups is 1. The fraction of sp³-hybridized carbons (Fsp3) is 0.120. The molecule has 0 aliphatic carbocycles. The molecule has 0 radical (unpaired) electrons. The van der Waals surface area contributed by atoms with E-state index >= 15 is 0 Å². The van der Waals surface area contributed by atoms with Crippen molar-refractivity contribution in [2.45, 2.75) is 13.8 Å². The first kappa shape index (κ1) is 20.8. The molecule has 33 heavy (non-hydrogen) atoms. The minimum atomic E-state index is 0.103. The molecule has 164 valence electrons. The number of ether oxygens (including phenoxy) is 2. The summed E-state index contributed by atoms with van der Waals surface area (Å²) < 4.78 is 10.8. The summed E-state index contributed by atoms with van der Waals surface area (Å²) in [6.45, 7) is 4.25. The van der Waals surface area contributed by atoms with Gasteiger partial charge < -0.3 is 9.47 Å². The molecule has 0 atom stereocenters. The highest BCUT2D eigenvalue weighted by molar-refractivity contribution is 7.82. The standard InChI is InChI=1S/C25H21N5O2S/c1-16-3-8-19(9-4-16)28-23-24(33)29(20-10-5-17(2)6-11-20)25(26)30(23)27-14-18-7-12-21-22(13-18)32-15-31-21/h3-14,26H,15H2,1-2H3/b26-25?,27-14+,28-23?. The van der Waals surface area contributed by atoms with Gasteiger partial charge in [0.25, 0.3) is 0 Å². The van der Waals surface area contributed by atoms with E-state index in [0.717, 1.165) is 28.1 Å². The summed E-state index contributed by atoms with van der Waals surface area (Å²) in [5.41, 5.74) is 4.59. The van der Waals surface area contributed by atoms with E-state index in [1.165, 1.54) is 5.01 Å². The van der Waals surface area contributed by atoms with Crippen LogP contribution in [0, 0.1) is 19.3 Å². The smallest absolute Gasteiger partial charge is 0.231 e. The van der Waals surface area contributed by atoms with E-state index in [1.807, 2.05) is 80.6 Å². The summed E-state index contributed by atoms with van der Waals surface area (Å²) in [5.74, 6) is 1.89. The molecule has 1 fully saturated rings. The number of hydrogen-bond donors (Lipinski definition) is 1. The number of hydrogen-bond acceptors (Lipinski definition) is 6. The highest BCUT2D eigenvalue weighted by Gasteiger charge is 2.38. The van der Waals surface area contributed by atoms with Gasteiger partial charge in [-0.2, -0.15) is 10.1 Å². The largest absolute Gasteiger partial charge is 0.454 e. The molecule has 2 aliphatic rings. The predicted molar refractivity (Wildman–Crippen MR) is 134 cm³/mol. The van der Waals surface area contributed by atoms with Crippen molar-refractivity contribution in [2.24, 2.45) is 10.1 Å². The molecule has 2 aliphatic heterocycles. The topological polar surface area (TPSA) is 73.5 Å². The molecule has 2 heterocycles. The molecule has 0 amide bonds. The number of rotatable bonds is 4. The number of guanidine groups is 1. The van der Waals surface area contributed by atoms with Crippen LogP contribution >= 0.6 is 12.2 Å². The molecule has 3 aromatic carbocycles. The third kappa shape index (κ3) is 4.08. The van der Waals surface area contributed by atoms with Crippen LogP contribution in [0.15, 0.2) is 76.8 Å². The van der Waals surface area contributed by atoms with Gasteiger partial charge in [-0.1, -0.05) is 47.6 Å². The van der Waals surface area contributed by atoms with Crippen molar-refractivity contribution in [3.05, 3.63) is 83.4 Å². The van der Waals surface area contributed by atoms with E-state index in [2.05, 4.69) is 5.10 Å². The lowest BCUT2D eigenvalue weighted by Gasteiger charge is -2.17. The molecule has 8 heteroatoms. The second-order valence-electron chi connectivity index (χ2n) is 7.74. The van der Waals surface area contributed by atoms with Crippen molar-refractivity contribution < 1.29 is 9.47 Å². The molecule has 1 saturated heterocycles. The maximum absolute atomic E-state index is 8.83. The minimum Gasteiger partial charge on any atom is -0.454 e. The third-order valence-electron chi connectivity index (χ3n) is 5.29. The molecule has 5 rings (SSSR count). The molecule has 0 spiro atoms. The van der Waals surface area contributed by atoms with Crippen LogP contribution in [0.1, 0.15) is 16.7 Å². The number of aliphatic imine (C=N–C) groups is 1. The summed E-state index contributed by atoms with van der Waals surface area (Å²) >= 11 is 5.75. The maximum atomic E-state index is 8.83. The Morgan fingerprint density at radius 1 is 0.909 bits per heavy atom.